The number of nitrogens with one attached hydrogen (secondary N) is 2. The maximum Gasteiger partial charge on any atom is 0.442 e. The summed E-state index contributed by atoms with van der Waals surface area (Å²) in [6.07, 6.45) is 0. The number of amides is 3. The van der Waals surface area contributed by atoms with Crippen LogP contribution in [0.1, 0.15) is 4.88 Å². The Morgan fingerprint density at radius 3 is 2.68 bits per heavy atom. The van der Waals surface area contributed by atoms with E-state index in [0.29, 0.717) is 12.1 Å². The average molecular weight is 358 g/mol. The van der Waals surface area contributed by atoms with Crippen molar-refractivity contribution in [1.82, 2.24) is 20.4 Å². The van der Waals surface area contributed by atoms with Gasteiger partial charge in [-0.3, -0.25) is 14.6 Å². The number of urea groups is 1. The molecule has 25 heavy (non-hydrogen) atoms. The van der Waals surface area contributed by atoms with E-state index in [0.717, 1.165) is 9.44 Å². The van der Waals surface area contributed by atoms with Gasteiger partial charge < -0.3 is 5.32 Å². The topological polar surface area (TPSA) is 106 Å². The number of benzene rings is 1. The second kappa shape index (κ2) is 7.58. The van der Waals surface area contributed by atoms with E-state index in [1.807, 2.05) is 23.6 Å². The van der Waals surface area contributed by atoms with Gasteiger partial charge in [0.2, 0.25) is 5.91 Å². The molecule has 0 aliphatic carbocycles. The van der Waals surface area contributed by atoms with Gasteiger partial charge in [-0.1, -0.05) is 41.6 Å². The molecule has 0 unspecified atom stereocenters. The van der Waals surface area contributed by atoms with E-state index < -0.39 is 17.7 Å². The fourth-order valence-electron chi connectivity index (χ4n) is 2.14. The summed E-state index contributed by atoms with van der Waals surface area (Å²) in [5.41, 5.74) is 0.628. The van der Waals surface area contributed by atoms with Crippen LogP contribution in [0.3, 0.4) is 0 Å². The molecule has 0 aliphatic rings. The van der Waals surface area contributed by atoms with Crippen molar-refractivity contribution in [3.8, 4) is 11.4 Å². The van der Waals surface area contributed by atoms with Gasteiger partial charge in [-0.25, -0.2) is 14.2 Å². The van der Waals surface area contributed by atoms with Crippen LogP contribution in [0.4, 0.5) is 4.79 Å². The monoisotopic (exact) mass is 358 g/mol. The summed E-state index contributed by atoms with van der Waals surface area (Å²) in [6, 6.07) is 11.9. The zero-order valence-electron chi connectivity index (χ0n) is 13.0. The summed E-state index contributed by atoms with van der Waals surface area (Å²) in [4.78, 5) is 36.5. The van der Waals surface area contributed by atoms with Crippen LogP contribution in [-0.4, -0.2) is 21.7 Å². The van der Waals surface area contributed by atoms with Gasteiger partial charge in [0, 0.05) is 10.4 Å². The lowest BCUT2D eigenvalue weighted by Gasteiger charge is -2.07. The number of imide groups is 1. The van der Waals surface area contributed by atoms with Crippen molar-refractivity contribution in [3.63, 3.8) is 0 Å². The van der Waals surface area contributed by atoms with Gasteiger partial charge in [-0.05, 0) is 11.4 Å². The zero-order valence-corrected chi connectivity index (χ0v) is 13.8. The van der Waals surface area contributed by atoms with Crippen LogP contribution in [0.2, 0.25) is 0 Å². The molecule has 3 rings (SSSR count). The first kappa shape index (κ1) is 16.7. The summed E-state index contributed by atoms with van der Waals surface area (Å²) in [7, 11) is 0. The fourth-order valence-corrected chi connectivity index (χ4v) is 2.78. The van der Waals surface area contributed by atoms with Gasteiger partial charge in [0.05, 0.1) is 6.54 Å². The minimum absolute atomic E-state index is 0.222. The first-order valence-corrected chi connectivity index (χ1v) is 8.23. The van der Waals surface area contributed by atoms with E-state index in [-0.39, 0.29) is 12.4 Å². The number of thiophene rings is 1. The number of hydrogen-bond donors (Lipinski definition) is 2. The lowest BCUT2D eigenvalue weighted by Crippen LogP contribution is -2.41. The van der Waals surface area contributed by atoms with Crippen LogP contribution >= 0.6 is 11.3 Å². The first-order valence-electron chi connectivity index (χ1n) is 7.35. The largest absolute Gasteiger partial charge is 0.442 e. The Kier molecular flexibility index (Phi) is 5.05. The van der Waals surface area contributed by atoms with Crippen LogP contribution in [0, 0.1) is 0 Å². The van der Waals surface area contributed by atoms with Crippen molar-refractivity contribution in [2.75, 3.05) is 0 Å². The Morgan fingerprint density at radius 1 is 1.16 bits per heavy atom. The lowest BCUT2D eigenvalue weighted by molar-refractivity contribution is -0.120. The number of carbonyl (C=O) groups is 2. The normalized spacial score (nSPS) is 10.4. The Balaban J connectivity index is 1.62. The molecule has 0 spiro atoms. The number of nitrogens with zero attached hydrogens (tertiary/aromatic N) is 2. The summed E-state index contributed by atoms with van der Waals surface area (Å²) >= 11 is 1.50. The van der Waals surface area contributed by atoms with E-state index in [1.54, 1.807) is 24.3 Å². The molecule has 3 amide bonds. The van der Waals surface area contributed by atoms with Crippen LogP contribution in [0.25, 0.3) is 11.4 Å². The van der Waals surface area contributed by atoms with Crippen LogP contribution in [0.5, 0.6) is 0 Å². The standard InChI is InChI=1S/C16H14N4O4S/c21-13(18-15(22)17-9-12-7-4-8-25-12)10-20-14(19-24-16(20)23)11-5-2-1-3-6-11/h1-8H,9-10H2,(H2,17,18,21,22). The van der Waals surface area contributed by atoms with Crippen molar-refractivity contribution < 1.29 is 14.1 Å². The summed E-state index contributed by atoms with van der Waals surface area (Å²) in [5.74, 6) is -1.20. The predicted octanol–water partition coefficient (Wildman–Crippen LogP) is 1.59. The van der Waals surface area contributed by atoms with E-state index in [4.69, 9.17) is 0 Å². The van der Waals surface area contributed by atoms with E-state index in [9.17, 15) is 14.4 Å². The highest BCUT2D eigenvalue weighted by molar-refractivity contribution is 7.09. The summed E-state index contributed by atoms with van der Waals surface area (Å²) in [6.45, 7) is -0.0573. The minimum atomic E-state index is -0.770. The highest BCUT2D eigenvalue weighted by Crippen LogP contribution is 2.14. The van der Waals surface area contributed by atoms with Gasteiger partial charge >= 0.3 is 11.8 Å². The Hall–Kier alpha value is -3.20. The van der Waals surface area contributed by atoms with Gasteiger partial charge in [-0.2, -0.15) is 0 Å². The third-order valence-electron chi connectivity index (χ3n) is 3.28. The van der Waals surface area contributed by atoms with E-state index >= 15 is 0 Å². The van der Waals surface area contributed by atoms with Crippen molar-refractivity contribution in [1.29, 1.82) is 0 Å². The van der Waals surface area contributed by atoms with E-state index in [1.165, 1.54) is 11.3 Å². The number of carbonyl (C=O) groups excluding carboxylic acids is 2. The van der Waals surface area contributed by atoms with Crippen LogP contribution in [-0.2, 0) is 17.9 Å². The van der Waals surface area contributed by atoms with Gasteiger partial charge in [0.15, 0.2) is 5.82 Å². The van der Waals surface area contributed by atoms with Gasteiger partial charge in [-0.15, -0.1) is 11.3 Å². The second-order valence-corrected chi connectivity index (χ2v) is 6.07. The third-order valence-corrected chi connectivity index (χ3v) is 4.15. The SMILES string of the molecule is O=C(Cn1c(-c2ccccc2)noc1=O)NC(=O)NCc1cccs1. The molecule has 0 bridgehead atoms. The lowest BCUT2D eigenvalue weighted by atomic mass is 10.2. The van der Waals surface area contributed by atoms with Crippen molar-refractivity contribution in [2.24, 2.45) is 0 Å². The molecule has 2 aromatic heterocycles. The highest BCUT2D eigenvalue weighted by Gasteiger charge is 2.17. The quantitative estimate of drug-likeness (QED) is 0.720. The Bertz CT molecular complexity index is 915. The molecule has 0 radical (unpaired) electrons. The van der Waals surface area contributed by atoms with Crippen LogP contribution in [0.15, 0.2) is 57.2 Å². The molecule has 1 aromatic carbocycles. The number of rotatable bonds is 5. The Labute approximate surface area is 146 Å². The molecule has 2 N–H and O–H groups in total. The predicted molar refractivity (Wildman–Crippen MR) is 90.9 cm³/mol. The Morgan fingerprint density at radius 2 is 1.96 bits per heavy atom. The maximum absolute atomic E-state index is 12.0. The highest BCUT2D eigenvalue weighted by atomic mass is 32.1. The third kappa shape index (κ3) is 4.21. The zero-order chi connectivity index (χ0) is 17.6. The second-order valence-electron chi connectivity index (χ2n) is 5.03. The molecule has 0 aliphatic heterocycles. The van der Waals surface area contributed by atoms with Crippen molar-refractivity contribution in [2.45, 2.75) is 13.1 Å². The molecule has 0 saturated carbocycles. The maximum atomic E-state index is 12.0. The van der Waals surface area contributed by atoms with Gasteiger partial charge in [0.25, 0.3) is 0 Å². The molecule has 2 heterocycles. The van der Waals surface area contributed by atoms with E-state index in [2.05, 4.69) is 20.3 Å². The molecule has 3 aromatic rings. The van der Waals surface area contributed by atoms with Crippen molar-refractivity contribution >= 4 is 23.3 Å². The summed E-state index contributed by atoms with van der Waals surface area (Å²) < 4.78 is 5.70. The fraction of sp³-hybridized carbons (Fsp3) is 0.125. The van der Waals surface area contributed by atoms with Crippen LogP contribution < -0.4 is 16.4 Å². The minimum Gasteiger partial charge on any atom is -0.333 e. The number of aromatic nitrogens is 2. The molecular weight excluding hydrogens is 344 g/mol. The molecule has 0 fully saturated rings. The van der Waals surface area contributed by atoms with Gasteiger partial charge in [0.1, 0.15) is 6.54 Å². The average Bonchev–Trinajstić information content (AvgIpc) is 3.24. The van der Waals surface area contributed by atoms with Crippen molar-refractivity contribution in [3.05, 3.63) is 63.3 Å². The molecule has 0 saturated heterocycles. The molecule has 8 nitrogen and oxygen atoms in total. The number of hydrogen-bond acceptors (Lipinski definition) is 6. The molecule has 128 valence electrons. The molecular formula is C16H14N4O4S. The smallest absolute Gasteiger partial charge is 0.333 e. The summed E-state index contributed by atoms with van der Waals surface area (Å²) in [5, 5.41) is 10.3. The first-order chi connectivity index (χ1) is 12.1. The molecule has 9 heteroatoms. The molecule has 0 atom stereocenters.